The van der Waals surface area contributed by atoms with Gasteiger partial charge in [0.25, 0.3) is 11.8 Å². The molecule has 0 aliphatic heterocycles. The topological polar surface area (TPSA) is 125 Å². The molecule has 5 N–H and O–H groups in total. The highest BCUT2D eigenvalue weighted by Gasteiger charge is 2.24. The number of hydrogen-bond donors (Lipinski definition) is 4. The zero-order valence-electron chi connectivity index (χ0n) is 23.7. The maximum atomic E-state index is 13.5. The molecule has 3 amide bonds. The van der Waals surface area contributed by atoms with E-state index in [-0.39, 0.29) is 29.1 Å². The highest BCUT2D eigenvalue weighted by molar-refractivity contribution is 7.99. The maximum absolute atomic E-state index is 13.5. The van der Waals surface area contributed by atoms with Crippen molar-refractivity contribution in [3.63, 3.8) is 0 Å². The first-order valence-corrected chi connectivity index (χ1v) is 15.0. The lowest BCUT2D eigenvalue weighted by molar-refractivity contribution is 0.0755. The Morgan fingerprint density at radius 2 is 1.46 bits per heavy atom. The van der Waals surface area contributed by atoms with E-state index in [9.17, 15) is 19.5 Å². The molecule has 0 fully saturated rings. The van der Waals surface area contributed by atoms with E-state index in [1.54, 1.807) is 4.90 Å². The second kappa shape index (κ2) is 16.6. The fourth-order valence-electron chi connectivity index (χ4n) is 4.37. The molecule has 0 spiro atoms. The van der Waals surface area contributed by atoms with E-state index in [4.69, 9.17) is 5.73 Å². The molecular weight excluding hydrogens is 536 g/mol. The fraction of sp³-hybridized carbons (Fsp3) is 0.344. The van der Waals surface area contributed by atoms with Crippen LogP contribution >= 0.6 is 11.8 Å². The number of nitrogens with one attached hydrogen (secondary N) is 2. The van der Waals surface area contributed by atoms with E-state index in [1.807, 2.05) is 74.5 Å². The molecule has 0 unspecified atom stereocenters. The number of hydrogen-bond acceptors (Lipinski definition) is 6. The first-order chi connectivity index (χ1) is 19.8. The first-order valence-electron chi connectivity index (χ1n) is 14.0. The van der Waals surface area contributed by atoms with Gasteiger partial charge in [-0.25, -0.2) is 0 Å². The zero-order valence-corrected chi connectivity index (χ0v) is 24.5. The van der Waals surface area contributed by atoms with Crippen LogP contribution in [0.25, 0.3) is 0 Å². The molecule has 0 radical (unpaired) electrons. The van der Waals surface area contributed by atoms with Crippen molar-refractivity contribution in [2.24, 2.45) is 5.73 Å². The second-order valence-corrected chi connectivity index (χ2v) is 10.9. The van der Waals surface area contributed by atoms with Crippen molar-refractivity contribution in [3.05, 3.63) is 101 Å². The van der Waals surface area contributed by atoms with Gasteiger partial charge >= 0.3 is 0 Å². The molecule has 0 saturated heterocycles. The van der Waals surface area contributed by atoms with Crippen LogP contribution in [-0.4, -0.2) is 65.3 Å². The van der Waals surface area contributed by atoms with Gasteiger partial charge in [0.1, 0.15) is 0 Å². The summed E-state index contributed by atoms with van der Waals surface area (Å²) in [5, 5.41) is 17.3. The number of nitrogens with zero attached hydrogens (tertiary/aromatic N) is 1. The van der Waals surface area contributed by atoms with E-state index in [2.05, 4.69) is 10.6 Å². The molecule has 0 aliphatic rings. The first kappa shape index (κ1) is 31.9. The van der Waals surface area contributed by atoms with Crippen LogP contribution in [-0.2, 0) is 6.54 Å². The van der Waals surface area contributed by atoms with Crippen LogP contribution in [0.3, 0.4) is 0 Å². The van der Waals surface area contributed by atoms with Crippen molar-refractivity contribution in [3.8, 4) is 0 Å². The summed E-state index contributed by atoms with van der Waals surface area (Å²) in [5.41, 5.74) is 7.09. The minimum absolute atomic E-state index is 0.0780. The Hall–Kier alpha value is -3.66. The highest BCUT2D eigenvalue weighted by atomic mass is 32.2. The third-order valence-electron chi connectivity index (χ3n) is 6.48. The number of carbonyl (C=O) groups is 3. The number of aliphatic hydroxyl groups is 1. The summed E-state index contributed by atoms with van der Waals surface area (Å²) in [5.74, 6) is -1.08. The van der Waals surface area contributed by atoms with Crippen molar-refractivity contribution in [1.82, 2.24) is 15.5 Å². The molecule has 9 heteroatoms. The lowest BCUT2D eigenvalue weighted by Gasteiger charge is -2.25. The van der Waals surface area contributed by atoms with Crippen LogP contribution in [0.4, 0.5) is 0 Å². The quantitative estimate of drug-likeness (QED) is 0.191. The second-order valence-electron chi connectivity index (χ2n) is 9.84. The van der Waals surface area contributed by atoms with Gasteiger partial charge in [0.05, 0.1) is 12.1 Å². The van der Waals surface area contributed by atoms with Gasteiger partial charge in [0, 0.05) is 53.5 Å². The van der Waals surface area contributed by atoms with Crippen LogP contribution in [0.5, 0.6) is 0 Å². The summed E-state index contributed by atoms with van der Waals surface area (Å²) in [7, 11) is 0. The number of carbonyl (C=O) groups excluding carboxylic acids is 3. The van der Waals surface area contributed by atoms with Crippen molar-refractivity contribution in [1.29, 1.82) is 0 Å². The molecule has 0 aromatic heterocycles. The van der Waals surface area contributed by atoms with Gasteiger partial charge in [0.2, 0.25) is 5.91 Å². The molecule has 0 saturated carbocycles. The molecule has 3 rings (SSSR count). The lowest BCUT2D eigenvalue weighted by atomic mass is 10.0. The average molecular weight is 577 g/mol. The Labute approximate surface area is 246 Å². The molecule has 8 nitrogen and oxygen atoms in total. The molecule has 3 aromatic carbocycles. The Bertz CT molecular complexity index is 1270. The smallest absolute Gasteiger partial charge is 0.253 e. The minimum Gasteiger partial charge on any atom is -0.390 e. The molecule has 0 bridgehead atoms. The van der Waals surface area contributed by atoms with Crippen LogP contribution in [0.1, 0.15) is 63.3 Å². The summed E-state index contributed by atoms with van der Waals surface area (Å²) in [6, 6.07) is 23.3. The van der Waals surface area contributed by atoms with E-state index in [0.29, 0.717) is 25.4 Å². The van der Waals surface area contributed by atoms with Crippen LogP contribution in [0, 0.1) is 0 Å². The molecular formula is C32H40N4O4S. The Balaban J connectivity index is 1.80. The predicted molar refractivity (Wildman–Crippen MR) is 164 cm³/mol. The highest BCUT2D eigenvalue weighted by Crippen LogP contribution is 2.20. The summed E-state index contributed by atoms with van der Waals surface area (Å²) in [6.07, 6.45) is 0.667. The minimum atomic E-state index is -0.899. The number of aliphatic hydroxyl groups excluding tert-OH is 1. The number of amides is 3. The van der Waals surface area contributed by atoms with Gasteiger partial charge in [-0.05, 0) is 48.7 Å². The summed E-state index contributed by atoms with van der Waals surface area (Å²) in [4.78, 5) is 41.6. The number of rotatable bonds is 16. The average Bonchev–Trinajstić information content (AvgIpc) is 2.99. The van der Waals surface area contributed by atoms with Crippen molar-refractivity contribution >= 4 is 29.5 Å². The van der Waals surface area contributed by atoms with Gasteiger partial charge in [-0.2, -0.15) is 0 Å². The third kappa shape index (κ3) is 10.0. The van der Waals surface area contributed by atoms with Gasteiger partial charge in [-0.3, -0.25) is 14.4 Å². The van der Waals surface area contributed by atoms with Crippen LogP contribution in [0.2, 0.25) is 0 Å². The maximum Gasteiger partial charge on any atom is 0.253 e. The fourth-order valence-corrected chi connectivity index (χ4v) is 5.39. The van der Waals surface area contributed by atoms with Crippen molar-refractivity contribution in [2.45, 2.75) is 50.3 Å². The van der Waals surface area contributed by atoms with Gasteiger partial charge in [-0.1, -0.05) is 62.4 Å². The van der Waals surface area contributed by atoms with Gasteiger partial charge in [-0.15, -0.1) is 11.8 Å². The Kier molecular flexibility index (Phi) is 12.9. The monoisotopic (exact) mass is 576 g/mol. The molecule has 0 aliphatic carbocycles. The zero-order chi connectivity index (χ0) is 29.6. The lowest BCUT2D eigenvalue weighted by Crippen LogP contribution is -2.49. The van der Waals surface area contributed by atoms with E-state index < -0.39 is 24.0 Å². The van der Waals surface area contributed by atoms with Crippen LogP contribution in [0.15, 0.2) is 83.8 Å². The Morgan fingerprint density at radius 3 is 2.07 bits per heavy atom. The molecule has 0 heterocycles. The predicted octanol–water partition coefficient (Wildman–Crippen LogP) is 4.09. The molecule has 3 aromatic rings. The Morgan fingerprint density at radius 1 is 0.878 bits per heavy atom. The van der Waals surface area contributed by atoms with Crippen LogP contribution < -0.4 is 16.4 Å². The molecule has 2 atom stereocenters. The van der Waals surface area contributed by atoms with E-state index >= 15 is 0 Å². The van der Waals surface area contributed by atoms with Gasteiger partial charge < -0.3 is 26.4 Å². The standard InChI is InChI=1S/C32H40N4O4S/c1-3-15-36(16-4-2)32(40)26-18-24(30(33)38)17-25(19-26)31(39)35-28(22-41-27-13-9-6-10-14-27)29(37)21-34-20-23-11-7-5-8-12-23/h5-14,17-19,28-29,34,37H,3-4,15-16,20-22H2,1-2H3,(H2,33,38)(H,35,39)/t28-,29+/m0/s1. The van der Waals surface area contributed by atoms with E-state index in [0.717, 1.165) is 23.3 Å². The van der Waals surface area contributed by atoms with Gasteiger partial charge in [0.15, 0.2) is 0 Å². The number of thioether (sulfide) groups is 1. The summed E-state index contributed by atoms with van der Waals surface area (Å²) < 4.78 is 0. The number of benzene rings is 3. The van der Waals surface area contributed by atoms with Crippen molar-refractivity contribution < 1.29 is 19.5 Å². The summed E-state index contributed by atoms with van der Waals surface area (Å²) >= 11 is 1.52. The number of nitrogens with two attached hydrogens (primary N) is 1. The summed E-state index contributed by atoms with van der Waals surface area (Å²) in [6.45, 7) is 5.93. The van der Waals surface area contributed by atoms with Crippen molar-refractivity contribution in [2.75, 3.05) is 25.4 Å². The third-order valence-corrected chi connectivity index (χ3v) is 7.61. The SMILES string of the molecule is CCCN(CCC)C(=O)c1cc(C(N)=O)cc(C(=O)N[C@@H](CSc2ccccc2)[C@H](O)CNCc2ccccc2)c1. The molecule has 41 heavy (non-hydrogen) atoms. The number of primary amides is 1. The largest absolute Gasteiger partial charge is 0.390 e. The van der Waals surface area contributed by atoms with E-state index in [1.165, 1.54) is 30.0 Å². The normalized spacial score (nSPS) is 12.4. The molecule has 218 valence electrons.